The van der Waals surface area contributed by atoms with Crippen LogP contribution in [0.25, 0.3) is 0 Å². The van der Waals surface area contributed by atoms with Gasteiger partial charge in [0.25, 0.3) is 0 Å². The van der Waals surface area contributed by atoms with Crippen LogP contribution < -0.4 is 11.1 Å². The van der Waals surface area contributed by atoms with Crippen molar-refractivity contribution in [2.75, 3.05) is 61.1 Å². The summed E-state index contributed by atoms with van der Waals surface area (Å²) in [5.41, 5.74) is 5.35. The molecule has 0 aromatic rings. The van der Waals surface area contributed by atoms with Gasteiger partial charge in [-0.05, 0) is 32.0 Å². The summed E-state index contributed by atoms with van der Waals surface area (Å²) < 4.78 is 26.2. The lowest BCUT2D eigenvalue weighted by molar-refractivity contribution is 0.123. The minimum Gasteiger partial charge on any atom is -0.398 e. The van der Waals surface area contributed by atoms with Gasteiger partial charge in [-0.3, -0.25) is 0 Å². The number of nitrogens with two attached hydrogens (primary N) is 1. The van der Waals surface area contributed by atoms with E-state index in [1.54, 1.807) is 35.5 Å². The molecule has 0 saturated carbocycles. The molecule has 0 unspecified atom stereocenters. The average Bonchev–Trinajstić information content (AvgIpc) is 2.63. The number of hydrogen-bond donors (Lipinski definition) is 2. The topological polar surface area (TPSA) is 84.2 Å². The molecule has 148 valence electrons. The Hall–Kier alpha value is 0.444. The summed E-state index contributed by atoms with van der Waals surface area (Å²) in [6.45, 7) is 4.66. The first kappa shape index (κ1) is 26.7. The minimum absolute atomic E-state index is 0.616. The van der Waals surface area contributed by atoms with Crippen LogP contribution in [0.4, 0.5) is 0 Å². The number of hydrogen-bond acceptors (Lipinski definition) is 7. The van der Waals surface area contributed by atoms with Crippen molar-refractivity contribution in [1.29, 1.82) is 0 Å². The van der Waals surface area contributed by atoms with Crippen molar-refractivity contribution >= 4 is 29.0 Å². The van der Waals surface area contributed by atoms with E-state index >= 15 is 0 Å². The molecule has 24 heavy (non-hydrogen) atoms. The summed E-state index contributed by atoms with van der Waals surface area (Å²) in [4.78, 5) is 0. The molecule has 0 bridgehead atoms. The summed E-state index contributed by atoms with van der Waals surface area (Å²) in [5, 5.41) is 3.24. The summed E-state index contributed by atoms with van der Waals surface area (Å²) in [7, 11) is 4.11. The van der Waals surface area contributed by atoms with Crippen LogP contribution in [0.3, 0.4) is 0 Å². The molecule has 0 fully saturated rings. The summed E-state index contributed by atoms with van der Waals surface area (Å²) in [6, 6.07) is 1.80. The second kappa shape index (κ2) is 16.9. The van der Waals surface area contributed by atoms with E-state index in [0.29, 0.717) is 12.4 Å². The molecule has 0 radical (unpaired) electrons. The SMILES string of the molecule is CO[Si](C)(CCCNCCN)OC.CO[Si](CCCCl)(OC)OC. The van der Waals surface area contributed by atoms with Gasteiger partial charge < -0.3 is 33.2 Å². The molecule has 0 aliphatic heterocycles. The maximum absolute atomic E-state index is 5.53. The van der Waals surface area contributed by atoms with Crippen molar-refractivity contribution in [3.05, 3.63) is 0 Å². The van der Waals surface area contributed by atoms with Crippen LogP contribution >= 0.6 is 11.6 Å². The Morgan fingerprint density at radius 3 is 1.75 bits per heavy atom. The highest BCUT2D eigenvalue weighted by Crippen LogP contribution is 2.15. The predicted octanol–water partition coefficient (Wildman–Crippen LogP) is 1.78. The maximum atomic E-state index is 5.53. The van der Waals surface area contributed by atoms with E-state index in [-0.39, 0.29) is 0 Å². The van der Waals surface area contributed by atoms with Crippen LogP contribution in [-0.2, 0) is 22.1 Å². The quantitative estimate of drug-likeness (QED) is 0.259. The lowest BCUT2D eigenvalue weighted by Gasteiger charge is -2.23. The predicted molar refractivity (Wildman–Crippen MR) is 104 cm³/mol. The summed E-state index contributed by atoms with van der Waals surface area (Å²) in [6.07, 6.45) is 1.95. The number of alkyl halides is 1. The first-order valence-corrected chi connectivity index (χ1v) is 13.1. The highest BCUT2D eigenvalue weighted by Gasteiger charge is 2.36. The lowest BCUT2D eigenvalue weighted by atomic mass is 10.5. The van der Waals surface area contributed by atoms with Gasteiger partial charge in [-0.1, -0.05) is 0 Å². The van der Waals surface area contributed by atoms with Crippen molar-refractivity contribution in [3.8, 4) is 0 Å². The monoisotopic (exact) mass is 404 g/mol. The van der Waals surface area contributed by atoms with Crippen molar-refractivity contribution in [2.24, 2.45) is 5.73 Å². The molecule has 3 N–H and O–H groups in total. The molecule has 0 atom stereocenters. The zero-order valence-electron chi connectivity index (χ0n) is 16.2. The van der Waals surface area contributed by atoms with Gasteiger partial charge in [-0.15, -0.1) is 11.6 Å². The van der Waals surface area contributed by atoms with Crippen LogP contribution in [0.1, 0.15) is 12.8 Å². The van der Waals surface area contributed by atoms with Crippen molar-refractivity contribution in [3.63, 3.8) is 0 Å². The molecule has 0 amide bonds. The van der Waals surface area contributed by atoms with Gasteiger partial charge in [0.15, 0.2) is 0 Å². The van der Waals surface area contributed by atoms with Crippen molar-refractivity contribution in [2.45, 2.75) is 31.5 Å². The first-order valence-electron chi connectivity index (χ1n) is 8.15. The van der Waals surface area contributed by atoms with E-state index in [1.807, 2.05) is 0 Å². The fraction of sp³-hybridized carbons (Fsp3) is 1.00. The molecule has 0 aromatic heterocycles. The van der Waals surface area contributed by atoms with Crippen LogP contribution in [0.5, 0.6) is 0 Å². The molecule has 10 heteroatoms. The molecule has 0 aliphatic carbocycles. The van der Waals surface area contributed by atoms with Crippen LogP contribution in [0.2, 0.25) is 18.6 Å². The normalized spacial score (nSPS) is 12.0. The lowest BCUT2D eigenvalue weighted by Crippen LogP contribution is -2.42. The molecule has 0 aromatic carbocycles. The molecule has 0 spiro atoms. The van der Waals surface area contributed by atoms with Gasteiger partial charge in [0.05, 0.1) is 0 Å². The molecule has 0 heterocycles. The van der Waals surface area contributed by atoms with E-state index < -0.39 is 17.4 Å². The molecule has 7 nitrogen and oxygen atoms in total. The fourth-order valence-electron chi connectivity index (χ4n) is 1.89. The third-order valence-electron chi connectivity index (χ3n) is 3.72. The van der Waals surface area contributed by atoms with Crippen LogP contribution in [0, 0.1) is 0 Å². The van der Waals surface area contributed by atoms with Crippen LogP contribution in [0.15, 0.2) is 0 Å². The van der Waals surface area contributed by atoms with Crippen molar-refractivity contribution < 1.29 is 22.1 Å². The summed E-state index contributed by atoms with van der Waals surface area (Å²) in [5.74, 6) is 0.616. The average molecular weight is 405 g/mol. The summed E-state index contributed by atoms with van der Waals surface area (Å²) >= 11 is 5.53. The Labute approximate surface area is 155 Å². The Morgan fingerprint density at radius 2 is 1.38 bits per heavy atom. The molecule has 0 aliphatic rings. The standard InChI is InChI=1S/C8H22N2O2Si.C6H15ClO3Si/c1-11-13(3,12-2)8-4-6-10-7-5-9;1-8-11(9-2,10-3)6-4-5-7/h10H,4-9H2,1-3H3;4-6H2,1-3H3. The highest BCUT2D eigenvalue weighted by atomic mass is 35.5. The van der Waals surface area contributed by atoms with Gasteiger partial charge in [-0.25, -0.2) is 0 Å². The third-order valence-corrected chi connectivity index (χ3v) is 9.81. The van der Waals surface area contributed by atoms with Gasteiger partial charge in [0.1, 0.15) is 0 Å². The third kappa shape index (κ3) is 12.8. The second-order valence-corrected chi connectivity index (χ2v) is 12.3. The van der Waals surface area contributed by atoms with E-state index in [1.165, 1.54) is 0 Å². The smallest absolute Gasteiger partial charge is 0.398 e. The largest absolute Gasteiger partial charge is 0.500 e. The number of halogens is 1. The van der Waals surface area contributed by atoms with Gasteiger partial charge >= 0.3 is 17.4 Å². The zero-order valence-corrected chi connectivity index (χ0v) is 18.9. The molecular formula is C14H37ClN2O5Si2. The Morgan fingerprint density at radius 1 is 0.833 bits per heavy atom. The Bertz CT molecular complexity index is 265. The second-order valence-electron chi connectivity index (χ2n) is 5.27. The Kier molecular flexibility index (Phi) is 18.8. The van der Waals surface area contributed by atoms with E-state index in [0.717, 1.165) is 38.0 Å². The highest BCUT2D eigenvalue weighted by molar-refractivity contribution is 6.65. The minimum atomic E-state index is -2.32. The zero-order chi connectivity index (χ0) is 18.9. The van der Waals surface area contributed by atoms with E-state index in [2.05, 4.69) is 11.9 Å². The maximum Gasteiger partial charge on any atom is 0.500 e. The first-order chi connectivity index (χ1) is 11.4. The Balaban J connectivity index is 0. The van der Waals surface area contributed by atoms with Gasteiger partial charge in [0.2, 0.25) is 0 Å². The number of nitrogens with one attached hydrogen (secondary N) is 1. The number of rotatable bonds is 14. The van der Waals surface area contributed by atoms with Crippen molar-refractivity contribution in [1.82, 2.24) is 5.32 Å². The van der Waals surface area contributed by atoms with Crippen LogP contribution in [-0.4, -0.2) is 78.4 Å². The van der Waals surface area contributed by atoms with Gasteiger partial charge in [-0.2, -0.15) is 0 Å². The van der Waals surface area contributed by atoms with E-state index in [9.17, 15) is 0 Å². The molecule has 0 rings (SSSR count). The van der Waals surface area contributed by atoms with E-state index in [4.69, 9.17) is 39.5 Å². The fourth-order valence-corrected chi connectivity index (χ4v) is 5.36. The molecule has 0 saturated heterocycles. The molecular weight excluding hydrogens is 368 g/mol. The van der Waals surface area contributed by atoms with Gasteiger partial charge in [0, 0.05) is 60.6 Å².